The molecule has 0 spiro atoms. The molecule has 2 heterocycles. The van der Waals surface area contributed by atoms with Crippen molar-refractivity contribution in [3.8, 4) is 0 Å². The lowest BCUT2D eigenvalue weighted by Crippen LogP contribution is -2.27. The highest BCUT2D eigenvalue weighted by Gasteiger charge is 2.10. The molecule has 1 amide bonds. The van der Waals surface area contributed by atoms with Gasteiger partial charge in [-0.1, -0.05) is 18.2 Å². The smallest absolute Gasteiger partial charge is 0.235 e. The van der Waals surface area contributed by atoms with Crippen molar-refractivity contribution >= 4 is 34.3 Å². The molecular formula is C14H13N7O. The Morgan fingerprint density at radius 3 is 2.23 bits per heavy atom. The first-order valence-corrected chi connectivity index (χ1v) is 6.54. The standard InChI is InChI=1S/C14H13N7O/c1-9(22)20-21-14-12-11(15-8-18-14)13(17-7-16-12)19-10-5-3-2-4-6-10/h2-8H,1H3,(H,20,22)(H,15,18,21)(H,16,17,19). The Kier molecular flexibility index (Phi) is 3.73. The second kappa shape index (κ2) is 6.00. The number of hydrogen-bond donors (Lipinski definition) is 3. The number of nitrogens with zero attached hydrogens (tertiary/aromatic N) is 4. The van der Waals surface area contributed by atoms with E-state index in [0.717, 1.165) is 5.69 Å². The highest BCUT2D eigenvalue weighted by molar-refractivity contribution is 5.93. The Morgan fingerprint density at radius 2 is 1.55 bits per heavy atom. The number of carbonyl (C=O) groups is 1. The maximum atomic E-state index is 11.0. The number of para-hydroxylation sites is 1. The zero-order valence-corrected chi connectivity index (χ0v) is 11.7. The van der Waals surface area contributed by atoms with E-state index in [1.807, 2.05) is 30.3 Å². The molecule has 0 saturated heterocycles. The number of anilines is 3. The van der Waals surface area contributed by atoms with E-state index in [4.69, 9.17) is 0 Å². The van der Waals surface area contributed by atoms with Gasteiger partial charge < -0.3 is 5.32 Å². The summed E-state index contributed by atoms with van der Waals surface area (Å²) >= 11 is 0. The van der Waals surface area contributed by atoms with Gasteiger partial charge in [0.1, 0.15) is 23.7 Å². The lowest BCUT2D eigenvalue weighted by Gasteiger charge is -2.10. The molecule has 3 N–H and O–H groups in total. The second-order valence-electron chi connectivity index (χ2n) is 4.44. The van der Waals surface area contributed by atoms with Crippen LogP contribution < -0.4 is 16.2 Å². The summed E-state index contributed by atoms with van der Waals surface area (Å²) in [5.74, 6) is 0.728. The number of nitrogens with one attached hydrogen (secondary N) is 3. The third-order valence-corrected chi connectivity index (χ3v) is 2.81. The fourth-order valence-corrected chi connectivity index (χ4v) is 1.87. The lowest BCUT2D eigenvalue weighted by atomic mass is 10.3. The quantitative estimate of drug-likeness (QED) is 0.628. The molecule has 0 radical (unpaired) electrons. The Bertz CT molecular complexity index is 807. The molecule has 0 aliphatic rings. The topological polar surface area (TPSA) is 105 Å². The molecule has 0 saturated carbocycles. The van der Waals surface area contributed by atoms with E-state index in [1.165, 1.54) is 19.6 Å². The number of amides is 1. The zero-order chi connectivity index (χ0) is 15.4. The van der Waals surface area contributed by atoms with Crippen LogP contribution in [0.4, 0.5) is 17.3 Å². The monoisotopic (exact) mass is 295 g/mol. The molecule has 8 nitrogen and oxygen atoms in total. The van der Waals surface area contributed by atoms with Crippen molar-refractivity contribution < 1.29 is 4.79 Å². The van der Waals surface area contributed by atoms with Gasteiger partial charge in [-0.2, -0.15) is 0 Å². The third-order valence-electron chi connectivity index (χ3n) is 2.81. The Morgan fingerprint density at radius 1 is 0.909 bits per heavy atom. The predicted octanol–water partition coefficient (Wildman–Crippen LogP) is 1.63. The van der Waals surface area contributed by atoms with Crippen molar-refractivity contribution in [3.05, 3.63) is 43.0 Å². The number of carbonyl (C=O) groups excluding carboxylic acids is 1. The van der Waals surface area contributed by atoms with Crippen LogP contribution in [0, 0.1) is 0 Å². The molecule has 2 aromatic heterocycles. The van der Waals surface area contributed by atoms with Gasteiger partial charge in [0.2, 0.25) is 5.91 Å². The van der Waals surface area contributed by atoms with Crippen LogP contribution in [-0.4, -0.2) is 25.8 Å². The van der Waals surface area contributed by atoms with Gasteiger partial charge in [0.25, 0.3) is 0 Å². The van der Waals surface area contributed by atoms with Crippen LogP contribution in [-0.2, 0) is 4.79 Å². The van der Waals surface area contributed by atoms with E-state index < -0.39 is 0 Å². The van der Waals surface area contributed by atoms with Crippen molar-refractivity contribution in [2.45, 2.75) is 6.92 Å². The number of benzene rings is 1. The molecule has 0 aliphatic carbocycles. The van der Waals surface area contributed by atoms with E-state index in [0.29, 0.717) is 22.7 Å². The minimum atomic E-state index is -0.233. The molecule has 8 heteroatoms. The average Bonchev–Trinajstić information content (AvgIpc) is 2.54. The highest BCUT2D eigenvalue weighted by Crippen LogP contribution is 2.23. The lowest BCUT2D eigenvalue weighted by molar-refractivity contribution is -0.118. The summed E-state index contributed by atoms with van der Waals surface area (Å²) in [4.78, 5) is 27.7. The van der Waals surface area contributed by atoms with E-state index in [-0.39, 0.29) is 5.91 Å². The molecule has 0 unspecified atom stereocenters. The third kappa shape index (κ3) is 2.90. The van der Waals surface area contributed by atoms with Gasteiger partial charge in [-0.15, -0.1) is 0 Å². The first-order chi connectivity index (χ1) is 10.7. The first-order valence-electron chi connectivity index (χ1n) is 6.54. The first kappa shape index (κ1) is 13.7. The maximum Gasteiger partial charge on any atom is 0.235 e. The fourth-order valence-electron chi connectivity index (χ4n) is 1.87. The molecule has 1 aromatic carbocycles. The molecule has 110 valence electrons. The van der Waals surface area contributed by atoms with Crippen LogP contribution in [0.15, 0.2) is 43.0 Å². The maximum absolute atomic E-state index is 11.0. The van der Waals surface area contributed by atoms with Crippen LogP contribution >= 0.6 is 0 Å². The molecule has 0 atom stereocenters. The largest absolute Gasteiger partial charge is 0.338 e. The number of aromatic nitrogens is 4. The van der Waals surface area contributed by atoms with Crippen molar-refractivity contribution in [3.63, 3.8) is 0 Å². The SMILES string of the molecule is CC(=O)NNc1ncnc2c(Nc3ccccc3)ncnc12. The summed E-state index contributed by atoms with van der Waals surface area (Å²) in [5, 5.41) is 3.18. The van der Waals surface area contributed by atoms with Crippen molar-refractivity contribution in [2.24, 2.45) is 0 Å². The van der Waals surface area contributed by atoms with E-state index in [9.17, 15) is 4.79 Å². The number of hydrazine groups is 1. The van der Waals surface area contributed by atoms with E-state index >= 15 is 0 Å². The highest BCUT2D eigenvalue weighted by atomic mass is 16.2. The second-order valence-corrected chi connectivity index (χ2v) is 4.44. The molecule has 3 rings (SSSR count). The van der Waals surface area contributed by atoms with E-state index in [1.54, 1.807) is 0 Å². The summed E-state index contributed by atoms with van der Waals surface area (Å²) in [5.41, 5.74) is 7.11. The van der Waals surface area contributed by atoms with Gasteiger partial charge >= 0.3 is 0 Å². The zero-order valence-electron chi connectivity index (χ0n) is 11.7. The number of rotatable bonds is 4. The van der Waals surface area contributed by atoms with Gasteiger partial charge in [-0.3, -0.25) is 15.6 Å². The summed E-state index contributed by atoms with van der Waals surface area (Å²) < 4.78 is 0. The van der Waals surface area contributed by atoms with Gasteiger partial charge in [0, 0.05) is 12.6 Å². The molecule has 0 bridgehead atoms. The molecule has 0 aliphatic heterocycles. The minimum Gasteiger partial charge on any atom is -0.338 e. The van der Waals surface area contributed by atoms with Gasteiger partial charge in [0.15, 0.2) is 11.6 Å². The summed E-state index contributed by atoms with van der Waals surface area (Å²) in [7, 11) is 0. The van der Waals surface area contributed by atoms with Crippen molar-refractivity contribution in [1.82, 2.24) is 25.4 Å². The minimum absolute atomic E-state index is 0.233. The molecule has 22 heavy (non-hydrogen) atoms. The van der Waals surface area contributed by atoms with Crippen LogP contribution in [0.25, 0.3) is 11.0 Å². The van der Waals surface area contributed by atoms with Gasteiger partial charge in [-0.25, -0.2) is 19.9 Å². The molecule has 0 fully saturated rings. The van der Waals surface area contributed by atoms with Gasteiger partial charge in [0.05, 0.1) is 0 Å². The normalized spacial score (nSPS) is 10.2. The van der Waals surface area contributed by atoms with Crippen LogP contribution in [0.5, 0.6) is 0 Å². The molecular weight excluding hydrogens is 282 g/mol. The van der Waals surface area contributed by atoms with Crippen LogP contribution in [0.3, 0.4) is 0 Å². The molecule has 3 aromatic rings. The summed E-state index contributed by atoms with van der Waals surface area (Å²) in [6.45, 7) is 1.40. The Labute approximate surface area is 126 Å². The number of fused-ring (bicyclic) bond motifs is 1. The Balaban J connectivity index is 1.98. The summed E-state index contributed by atoms with van der Waals surface area (Å²) in [6, 6.07) is 9.62. The van der Waals surface area contributed by atoms with Crippen molar-refractivity contribution in [1.29, 1.82) is 0 Å². The van der Waals surface area contributed by atoms with E-state index in [2.05, 4.69) is 36.1 Å². The van der Waals surface area contributed by atoms with Crippen LogP contribution in [0.1, 0.15) is 6.92 Å². The predicted molar refractivity (Wildman–Crippen MR) is 82.3 cm³/mol. The summed E-state index contributed by atoms with van der Waals surface area (Å²) in [6.07, 6.45) is 2.79. The Hall–Kier alpha value is -3.29. The average molecular weight is 295 g/mol. The fraction of sp³-hybridized carbons (Fsp3) is 0.0714. The van der Waals surface area contributed by atoms with Crippen LogP contribution in [0.2, 0.25) is 0 Å². The van der Waals surface area contributed by atoms with Gasteiger partial charge in [-0.05, 0) is 12.1 Å². The van der Waals surface area contributed by atoms with Crippen molar-refractivity contribution in [2.75, 3.05) is 10.7 Å². The number of hydrogen-bond acceptors (Lipinski definition) is 7.